The molecule has 0 atom stereocenters. The fraction of sp³-hybridized carbons (Fsp3) is 0.647. The number of halogens is 1. The first-order valence-corrected chi connectivity index (χ1v) is 7.66. The van der Waals surface area contributed by atoms with Crippen LogP contribution >= 0.6 is 0 Å². The van der Waals surface area contributed by atoms with Gasteiger partial charge in [0.25, 0.3) is 0 Å². The van der Waals surface area contributed by atoms with Gasteiger partial charge in [0.15, 0.2) is 11.6 Å². The minimum atomic E-state index is -0.213. The van der Waals surface area contributed by atoms with Gasteiger partial charge >= 0.3 is 0 Å². The largest absolute Gasteiger partial charge is 0.491 e. The molecule has 0 amide bonds. The Labute approximate surface area is 116 Å². The maximum Gasteiger partial charge on any atom is 0.165 e. The van der Waals surface area contributed by atoms with Gasteiger partial charge in [-0.1, -0.05) is 25.8 Å². The van der Waals surface area contributed by atoms with Gasteiger partial charge in [0.05, 0.1) is 6.61 Å². The molecule has 0 saturated heterocycles. The Morgan fingerprint density at radius 3 is 2.47 bits per heavy atom. The smallest absolute Gasteiger partial charge is 0.165 e. The van der Waals surface area contributed by atoms with Crippen molar-refractivity contribution in [2.24, 2.45) is 5.92 Å². The Hall–Kier alpha value is -1.05. The molecule has 0 aromatic heterocycles. The number of rotatable bonds is 5. The van der Waals surface area contributed by atoms with Crippen LogP contribution in [-0.2, 0) is 0 Å². The summed E-state index contributed by atoms with van der Waals surface area (Å²) in [6.45, 7) is 4.65. The van der Waals surface area contributed by atoms with Crippen molar-refractivity contribution in [2.75, 3.05) is 6.61 Å². The Morgan fingerprint density at radius 2 is 1.89 bits per heavy atom. The Balaban J connectivity index is 1.97. The van der Waals surface area contributed by atoms with Crippen molar-refractivity contribution in [3.8, 4) is 5.75 Å². The molecule has 0 aliphatic heterocycles. The lowest BCUT2D eigenvalue weighted by molar-refractivity contribution is 0.305. The molecule has 2 heteroatoms. The summed E-state index contributed by atoms with van der Waals surface area (Å²) in [4.78, 5) is 0. The highest BCUT2D eigenvalue weighted by Crippen LogP contribution is 2.38. The van der Waals surface area contributed by atoms with Gasteiger partial charge < -0.3 is 4.74 Å². The minimum Gasteiger partial charge on any atom is -0.491 e. The van der Waals surface area contributed by atoms with E-state index in [-0.39, 0.29) is 5.82 Å². The number of ether oxygens (including phenoxy) is 1. The normalized spacial score (nSPS) is 23.3. The zero-order valence-corrected chi connectivity index (χ0v) is 12.1. The third-order valence-corrected chi connectivity index (χ3v) is 4.27. The van der Waals surface area contributed by atoms with E-state index in [4.69, 9.17) is 4.74 Å². The molecule has 106 valence electrons. The van der Waals surface area contributed by atoms with Crippen molar-refractivity contribution in [2.45, 2.75) is 58.3 Å². The van der Waals surface area contributed by atoms with Crippen LogP contribution in [0.25, 0.3) is 0 Å². The van der Waals surface area contributed by atoms with Gasteiger partial charge in [-0.25, -0.2) is 4.39 Å². The van der Waals surface area contributed by atoms with E-state index in [0.717, 1.165) is 11.5 Å². The van der Waals surface area contributed by atoms with E-state index in [1.807, 2.05) is 13.0 Å². The molecule has 0 N–H and O–H groups in total. The van der Waals surface area contributed by atoms with E-state index in [2.05, 4.69) is 6.92 Å². The van der Waals surface area contributed by atoms with Crippen molar-refractivity contribution in [1.29, 1.82) is 0 Å². The predicted molar refractivity (Wildman–Crippen MR) is 77.2 cm³/mol. The first-order valence-electron chi connectivity index (χ1n) is 7.66. The van der Waals surface area contributed by atoms with E-state index < -0.39 is 0 Å². The highest BCUT2D eigenvalue weighted by molar-refractivity contribution is 5.31. The summed E-state index contributed by atoms with van der Waals surface area (Å²) >= 11 is 0. The monoisotopic (exact) mass is 264 g/mol. The molecule has 0 bridgehead atoms. The fourth-order valence-corrected chi connectivity index (χ4v) is 3.24. The lowest BCUT2D eigenvalue weighted by Gasteiger charge is -2.28. The predicted octanol–water partition coefficient (Wildman–Crippen LogP) is 5.30. The van der Waals surface area contributed by atoms with Crippen LogP contribution in [0.15, 0.2) is 18.2 Å². The van der Waals surface area contributed by atoms with Gasteiger partial charge in [0, 0.05) is 0 Å². The Morgan fingerprint density at radius 1 is 1.16 bits per heavy atom. The van der Waals surface area contributed by atoms with Crippen molar-refractivity contribution in [1.82, 2.24) is 0 Å². The van der Waals surface area contributed by atoms with Crippen LogP contribution in [0.2, 0.25) is 0 Å². The van der Waals surface area contributed by atoms with Gasteiger partial charge in [-0.2, -0.15) is 0 Å². The summed E-state index contributed by atoms with van der Waals surface area (Å²) in [5.74, 6) is 1.60. The molecular formula is C17H25FO. The van der Waals surface area contributed by atoms with E-state index in [1.165, 1.54) is 38.5 Å². The van der Waals surface area contributed by atoms with Crippen LogP contribution in [0.4, 0.5) is 4.39 Å². The quantitative estimate of drug-likeness (QED) is 0.701. The molecule has 1 aromatic carbocycles. The van der Waals surface area contributed by atoms with Crippen LogP contribution < -0.4 is 4.74 Å². The highest BCUT2D eigenvalue weighted by Gasteiger charge is 2.22. The average molecular weight is 264 g/mol. The standard InChI is InChI=1S/C17H25FO/c1-3-5-13-6-8-14(9-7-13)15-10-11-17(19-4-2)16(18)12-15/h10-14H,3-9H2,1-2H3/t13-,14-. The molecule has 1 nitrogen and oxygen atoms in total. The summed E-state index contributed by atoms with van der Waals surface area (Å²) in [7, 11) is 0. The zero-order valence-electron chi connectivity index (χ0n) is 12.1. The summed E-state index contributed by atoms with van der Waals surface area (Å²) in [6.07, 6.45) is 7.65. The molecule has 0 radical (unpaired) electrons. The second-order valence-electron chi connectivity index (χ2n) is 5.63. The van der Waals surface area contributed by atoms with Gasteiger partial charge in [-0.3, -0.25) is 0 Å². The maximum absolute atomic E-state index is 13.9. The van der Waals surface area contributed by atoms with Crippen LogP contribution in [0, 0.1) is 11.7 Å². The van der Waals surface area contributed by atoms with Crippen LogP contribution in [0.3, 0.4) is 0 Å². The SMILES string of the molecule is CCC[C@H]1CC[C@H](c2ccc(OCC)c(F)c2)CC1. The lowest BCUT2D eigenvalue weighted by Crippen LogP contribution is -2.13. The molecule has 1 aliphatic rings. The first-order chi connectivity index (χ1) is 9.24. The van der Waals surface area contributed by atoms with Gasteiger partial charge in [0.2, 0.25) is 0 Å². The lowest BCUT2D eigenvalue weighted by atomic mass is 9.77. The van der Waals surface area contributed by atoms with Crippen molar-refractivity contribution in [3.63, 3.8) is 0 Å². The van der Waals surface area contributed by atoms with E-state index in [0.29, 0.717) is 18.3 Å². The van der Waals surface area contributed by atoms with E-state index in [9.17, 15) is 4.39 Å². The highest BCUT2D eigenvalue weighted by atomic mass is 19.1. The zero-order chi connectivity index (χ0) is 13.7. The van der Waals surface area contributed by atoms with Gasteiger partial charge in [0.1, 0.15) is 0 Å². The molecule has 1 fully saturated rings. The summed E-state index contributed by atoms with van der Waals surface area (Å²) in [5.41, 5.74) is 1.15. The second kappa shape index (κ2) is 6.93. The van der Waals surface area contributed by atoms with Crippen LogP contribution in [0.5, 0.6) is 5.75 Å². The van der Waals surface area contributed by atoms with E-state index in [1.54, 1.807) is 12.1 Å². The van der Waals surface area contributed by atoms with Gasteiger partial charge in [-0.15, -0.1) is 0 Å². The third kappa shape index (κ3) is 3.71. The fourth-order valence-electron chi connectivity index (χ4n) is 3.24. The van der Waals surface area contributed by atoms with E-state index >= 15 is 0 Å². The maximum atomic E-state index is 13.9. The molecule has 1 aromatic rings. The van der Waals surface area contributed by atoms with Crippen molar-refractivity contribution < 1.29 is 9.13 Å². The Kier molecular flexibility index (Phi) is 5.24. The topological polar surface area (TPSA) is 9.23 Å². The summed E-state index contributed by atoms with van der Waals surface area (Å²) < 4.78 is 19.1. The molecule has 1 aliphatic carbocycles. The summed E-state index contributed by atoms with van der Waals surface area (Å²) in [5, 5.41) is 0. The minimum absolute atomic E-state index is 0.213. The average Bonchev–Trinajstić information content (AvgIpc) is 2.43. The summed E-state index contributed by atoms with van der Waals surface area (Å²) in [6, 6.07) is 5.50. The number of benzene rings is 1. The number of hydrogen-bond acceptors (Lipinski definition) is 1. The second-order valence-corrected chi connectivity index (χ2v) is 5.63. The first kappa shape index (κ1) is 14.4. The third-order valence-electron chi connectivity index (χ3n) is 4.27. The molecule has 0 heterocycles. The van der Waals surface area contributed by atoms with Crippen molar-refractivity contribution >= 4 is 0 Å². The van der Waals surface area contributed by atoms with Crippen LogP contribution in [0.1, 0.15) is 63.9 Å². The molecule has 0 unspecified atom stereocenters. The molecule has 2 rings (SSSR count). The van der Waals surface area contributed by atoms with Crippen molar-refractivity contribution in [3.05, 3.63) is 29.6 Å². The molecular weight excluding hydrogens is 239 g/mol. The number of hydrogen-bond donors (Lipinski definition) is 0. The van der Waals surface area contributed by atoms with Gasteiger partial charge in [-0.05, 0) is 62.1 Å². The molecule has 0 spiro atoms. The molecule has 1 saturated carbocycles. The Bertz CT molecular complexity index is 394. The molecule has 19 heavy (non-hydrogen) atoms. The van der Waals surface area contributed by atoms with Crippen LogP contribution in [-0.4, -0.2) is 6.61 Å².